The number of benzene rings is 1. The molecule has 1 aliphatic heterocycles. The maximum absolute atomic E-state index is 15.1. The van der Waals surface area contributed by atoms with Crippen molar-refractivity contribution in [1.29, 1.82) is 0 Å². The summed E-state index contributed by atoms with van der Waals surface area (Å²) in [5.41, 5.74) is 6.02. The normalized spacial score (nSPS) is 13.9. The van der Waals surface area contributed by atoms with Gasteiger partial charge in [-0.15, -0.1) is 0 Å². The maximum atomic E-state index is 15.1. The second-order valence-electron chi connectivity index (χ2n) is 10.2. The van der Waals surface area contributed by atoms with Gasteiger partial charge in [0, 0.05) is 94.2 Å². The number of rotatable bonds is 6. The largest absolute Gasteiger partial charge is 0.388 e. The average molecular weight is 529 g/mol. The second-order valence-corrected chi connectivity index (χ2v) is 10.2. The van der Waals surface area contributed by atoms with Gasteiger partial charge in [0.05, 0.1) is 5.69 Å². The number of carbonyl (C=O) groups is 1. The molecule has 0 atom stereocenters. The number of anilines is 1. The molecule has 0 aliphatic carbocycles. The Kier molecular flexibility index (Phi) is 7.10. The molecule has 0 radical (unpaired) electrons. The van der Waals surface area contributed by atoms with E-state index in [-0.39, 0.29) is 17.3 Å². The Morgan fingerprint density at radius 2 is 1.97 bits per heavy atom. The molecule has 3 aromatic heterocycles. The van der Waals surface area contributed by atoms with Gasteiger partial charge in [-0.1, -0.05) is 6.08 Å². The van der Waals surface area contributed by atoms with E-state index in [1.165, 1.54) is 11.0 Å². The number of nitrogens with one attached hydrogen (secondary N) is 1. The van der Waals surface area contributed by atoms with Crippen LogP contribution in [0.4, 0.5) is 10.1 Å². The van der Waals surface area contributed by atoms with Gasteiger partial charge in [-0.2, -0.15) is 0 Å². The fourth-order valence-corrected chi connectivity index (χ4v) is 5.30. The maximum Gasteiger partial charge on any atom is 0.257 e. The zero-order valence-electron chi connectivity index (χ0n) is 23.0. The van der Waals surface area contributed by atoms with Crippen molar-refractivity contribution in [2.75, 3.05) is 39.5 Å². The van der Waals surface area contributed by atoms with Crippen LogP contribution >= 0.6 is 0 Å². The molecule has 202 valence electrons. The molecule has 1 aromatic carbocycles. The number of amides is 1. The third-order valence-corrected chi connectivity index (χ3v) is 7.41. The lowest BCUT2D eigenvalue weighted by atomic mass is 9.93. The molecular formula is C30H33FN6O2. The molecule has 0 bridgehead atoms. The molecule has 0 unspecified atom stereocenters. The van der Waals surface area contributed by atoms with Crippen molar-refractivity contribution in [2.45, 2.75) is 19.9 Å². The van der Waals surface area contributed by atoms with Crippen molar-refractivity contribution in [3.8, 4) is 5.69 Å². The van der Waals surface area contributed by atoms with Crippen molar-refractivity contribution in [3.05, 3.63) is 93.4 Å². The van der Waals surface area contributed by atoms with Crippen molar-refractivity contribution >= 4 is 28.2 Å². The third kappa shape index (κ3) is 4.97. The van der Waals surface area contributed by atoms with Gasteiger partial charge in [-0.05, 0) is 54.8 Å². The van der Waals surface area contributed by atoms with Crippen molar-refractivity contribution in [3.63, 3.8) is 0 Å². The highest BCUT2D eigenvalue weighted by Gasteiger charge is 2.21. The molecule has 0 saturated heterocycles. The van der Waals surface area contributed by atoms with E-state index in [2.05, 4.69) is 31.9 Å². The zero-order valence-corrected chi connectivity index (χ0v) is 23.0. The quantitative estimate of drug-likeness (QED) is 0.406. The van der Waals surface area contributed by atoms with E-state index < -0.39 is 0 Å². The summed E-state index contributed by atoms with van der Waals surface area (Å²) in [6.45, 7) is 4.01. The van der Waals surface area contributed by atoms with E-state index in [0.717, 1.165) is 45.8 Å². The van der Waals surface area contributed by atoms with Crippen LogP contribution in [0.2, 0.25) is 0 Å². The molecule has 1 amide bonds. The van der Waals surface area contributed by atoms with Gasteiger partial charge in [-0.25, -0.2) is 9.37 Å². The first-order valence-electron chi connectivity index (χ1n) is 13.0. The zero-order chi connectivity index (χ0) is 27.8. The Hall–Kier alpha value is -4.24. The van der Waals surface area contributed by atoms with E-state index in [9.17, 15) is 9.59 Å². The summed E-state index contributed by atoms with van der Waals surface area (Å²) in [7, 11) is 7.10. The summed E-state index contributed by atoms with van der Waals surface area (Å²) in [6, 6.07) is 10.5. The van der Waals surface area contributed by atoms with E-state index in [0.29, 0.717) is 30.6 Å². The minimum atomic E-state index is -0.356. The smallest absolute Gasteiger partial charge is 0.257 e. The Bertz CT molecular complexity index is 1640. The molecule has 1 N–H and O–H groups in total. The Labute approximate surface area is 227 Å². The summed E-state index contributed by atoms with van der Waals surface area (Å²) >= 11 is 0. The number of pyridine rings is 2. The second kappa shape index (κ2) is 10.5. The molecule has 4 heterocycles. The first-order valence-corrected chi connectivity index (χ1v) is 13.0. The molecule has 1 aliphatic rings. The average Bonchev–Trinajstić information content (AvgIpc) is 3.23. The van der Waals surface area contributed by atoms with Crippen LogP contribution in [0.3, 0.4) is 0 Å². The first-order chi connectivity index (χ1) is 18.7. The van der Waals surface area contributed by atoms with Crippen LogP contribution in [0.1, 0.15) is 33.6 Å². The number of hydrogen-bond acceptors (Lipinski definition) is 5. The minimum Gasteiger partial charge on any atom is -0.388 e. The number of hydrogen-bond donors (Lipinski definition) is 1. The number of nitrogens with zero attached hydrogens (tertiary/aromatic N) is 5. The topological polar surface area (TPSA) is 75.4 Å². The Balaban J connectivity index is 1.38. The standard InChI is InChI=1S/C30H33FN6O2/c1-19-14-21(30(39)34(3)4)15-25(31)28(19)20-7-11-36(12-8-20)18-23-17-24-26(6-10-33-29(24)35(23)5)37-13-9-22(32-2)16-27(37)38/h6-7,9-10,13-17,32H,8,11-12,18H2,1-5H3. The fourth-order valence-electron chi connectivity index (χ4n) is 5.30. The van der Waals surface area contributed by atoms with Gasteiger partial charge in [0.2, 0.25) is 0 Å². The number of aromatic nitrogens is 3. The molecule has 4 aromatic rings. The van der Waals surface area contributed by atoms with Crippen LogP contribution in [0.5, 0.6) is 0 Å². The summed E-state index contributed by atoms with van der Waals surface area (Å²) in [4.78, 5) is 33.4. The van der Waals surface area contributed by atoms with E-state index in [1.807, 2.05) is 26.1 Å². The highest BCUT2D eigenvalue weighted by molar-refractivity contribution is 5.94. The molecule has 0 spiro atoms. The third-order valence-electron chi connectivity index (χ3n) is 7.41. The lowest BCUT2D eigenvalue weighted by molar-refractivity contribution is 0.0827. The van der Waals surface area contributed by atoms with Gasteiger partial charge < -0.3 is 14.8 Å². The van der Waals surface area contributed by atoms with Crippen LogP contribution in [0.15, 0.2) is 59.7 Å². The number of fused-ring (bicyclic) bond motifs is 1. The van der Waals surface area contributed by atoms with Gasteiger partial charge in [0.25, 0.3) is 11.5 Å². The van der Waals surface area contributed by atoms with Crippen LogP contribution in [-0.2, 0) is 13.6 Å². The van der Waals surface area contributed by atoms with Crippen LogP contribution in [0, 0.1) is 12.7 Å². The summed E-state index contributed by atoms with van der Waals surface area (Å²) < 4.78 is 18.8. The predicted molar refractivity (Wildman–Crippen MR) is 153 cm³/mol. The monoisotopic (exact) mass is 528 g/mol. The van der Waals surface area contributed by atoms with Crippen molar-refractivity contribution in [2.24, 2.45) is 7.05 Å². The molecule has 9 heteroatoms. The highest BCUT2D eigenvalue weighted by atomic mass is 19.1. The molecular weight excluding hydrogens is 495 g/mol. The fraction of sp³-hybridized carbons (Fsp3) is 0.300. The minimum absolute atomic E-state index is 0.116. The lowest BCUT2D eigenvalue weighted by Crippen LogP contribution is -2.29. The van der Waals surface area contributed by atoms with Crippen molar-refractivity contribution in [1.82, 2.24) is 23.9 Å². The van der Waals surface area contributed by atoms with Gasteiger partial charge >= 0.3 is 0 Å². The van der Waals surface area contributed by atoms with Gasteiger partial charge in [-0.3, -0.25) is 19.1 Å². The van der Waals surface area contributed by atoms with E-state index in [4.69, 9.17) is 0 Å². The number of aryl methyl sites for hydroxylation is 2. The lowest BCUT2D eigenvalue weighted by Gasteiger charge is -2.27. The molecule has 8 nitrogen and oxygen atoms in total. The Morgan fingerprint density at radius 3 is 2.62 bits per heavy atom. The SMILES string of the molecule is CNc1ccn(-c2ccnc3c2cc(CN2CC=C(c4c(C)cc(C(=O)N(C)C)cc4F)CC2)n3C)c(=O)c1. The van der Waals surface area contributed by atoms with Crippen molar-refractivity contribution < 1.29 is 9.18 Å². The summed E-state index contributed by atoms with van der Waals surface area (Å²) in [5, 5.41) is 3.91. The highest BCUT2D eigenvalue weighted by Crippen LogP contribution is 2.30. The van der Waals surface area contributed by atoms with E-state index in [1.54, 1.807) is 50.2 Å². The molecule has 0 fully saturated rings. The number of carbonyl (C=O) groups excluding carboxylic acids is 1. The first kappa shape index (κ1) is 26.4. The number of halogens is 1. The summed E-state index contributed by atoms with van der Waals surface area (Å²) in [5.74, 6) is -0.565. The van der Waals surface area contributed by atoms with E-state index >= 15 is 4.39 Å². The summed E-state index contributed by atoms with van der Waals surface area (Å²) in [6.07, 6.45) is 6.29. The van der Waals surface area contributed by atoms with Crippen LogP contribution in [0.25, 0.3) is 22.3 Å². The van der Waals surface area contributed by atoms with Gasteiger partial charge in [0.15, 0.2) is 0 Å². The van der Waals surface area contributed by atoms with Crippen LogP contribution < -0.4 is 10.9 Å². The van der Waals surface area contributed by atoms with Crippen LogP contribution in [-0.4, -0.2) is 64.1 Å². The molecule has 0 saturated carbocycles. The Morgan fingerprint density at radius 1 is 1.18 bits per heavy atom. The molecule has 5 rings (SSSR count). The van der Waals surface area contributed by atoms with Gasteiger partial charge in [0.1, 0.15) is 11.5 Å². The predicted octanol–water partition coefficient (Wildman–Crippen LogP) is 4.20. The molecule has 39 heavy (non-hydrogen) atoms.